The number of rotatable bonds is 3. The van der Waals surface area contributed by atoms with Gasteiger partial charge in [-0.1, -0.05) is 11.6 Å². The van der Waals surface area contributed by atoms with Crippen molar-refractivity contribution in [1.82, 2.24) is 0 Å². The van der Waals surface area contributed by atoms with E-state index in [1.807, 2.05) is 19.1 Å². The number of hydrogen-bond donors (Lipinski definition) is 2. The second-order valence-electron chi connectivity index (χ2n) is 4.32. The summed E-state index contributed by atoms with van der Waals surface area (Å²) in [6.45, 7) is 1.97. The van der Waals surface area contributed by atoms with Crippen molar-refractivity contribution in [3.05, 3.63) is 62.7 Å². The number of carbonyl (C=O) groups is 2. The fourth-order valence-corrected chi connectivity index (χ4v) is 2.61. The van der Waals surface area contributed by atoms with Crippen LogP contribution in [0.2, 0.25) is 0 Å². The summed E-state index contributed by atoms with van der Waals surface area (Å²) < 4.78 is 0.877. The minimum absolute atomic E-state index is 0.188. The maximum Gasteiger partial charge on any atom is 0.335 e. The predicted molar refractivity (Wildman–Crippen MR) is 85.3 cm³/mol. The van der Waals surface area contributed by atoms with E-state index in [0.29, 0.717) is 11.3 Å². The summed E-state index contributed by atoms with van der Waals surface area (Å²) in [7, 11) is 0. The van der Waals surface area contributed by atoms with Crippen LogP contribution in [0.15, 0.2) is 42.5 Å². The van der Waals surface area contributed by atoms with Gasteiger partial charge in [-0.25, -0.2) is 4.79 Å². The van der Waals surface area contributed by atoms with Gasteiger partial charge in [0.05, 0.1) is 11.1 Å². The lowest BCUT2D eigenvalue weighted by Crippen LogP contribution is -2.13. The molecule has 1 amide bonds. The second-order valence-corrected chi connectivity index (χ2v) is 5.48. The molecule has 2 aromatic carbocycles. The maximum atomic E-state index is 12.1. The molecule has 0 bridgehead atoms. The average Bonchev–Trinajstić information content (AvgIpc) is 2.39. The molecule has 102 valence electrons. The van der Waals surface area contributed by atoms with Crippen molar-refractivity contribution in [2.75, 3.05) is 5.32 Å². The van der Waals surface area contributed by atoms with Crippen LogP contribution in [0.1, 0.15) is 26.3 Å². The lowest BCUT2D eigenvalue weighted by Gasteiger charge is -2.08. The van der Waals surface area contributed by atoms with E-state index in [4.69, 9.17) is 5.11 Å². The van der Waals surface area contributed by atoms with E-state index in [0.717, 1.165) is 9.13 Å². The molecule has 0 spiro atoms. The van der Waals surface area contributed by atoms with Crippen LogP contribution < -0.4 is 5.32 Å². The van der Waals surface area contributed by atoms with Crippen molar-refractivity contribution in [3.8, 4) is 0 Å². The normalized spacial score (nSPS) is 10.1. The third-order valence-corrected chi connectivity index (χ3v) is 3.65. The number of carboxylic acids is 1. The molecular weight excluding hydrogens is 369 g/mol. The molecule has 0 radical (unpaired) electrons. The molecule has 0 saturated heterocycles. The van der Waals surface area contributed by atoms with Crippen molar-refractivity contribution >= 4 is 40.2 Å². The van der Waals surface area contributed by atoms with Crippen LogP contribution in [0.5, 0.6) is 0 Å². The van der Waals surface area contributed by atoms with E-state index in [1.165, 1.54) is 12.1 Å². The zero-order valence-electron chi connectivity index (χ0n) is 10.7. The molecule has 0 unspecified atom stereocenters. The summed E-state index contributed by atoms with van der Waals surface area (Å²) >= 11 is 2.12. The molecule has 0 aromatic heterocycles. The number of benzene rings is 2. The highest BCUT2D eigenvalue weighted by molar-refractivity contribution is 14.1. The second kappa shape index (κ2) is 6.04. The van der Waals surface area contributed by atoms with E-state index in [1.54, 1.807) is 18.2 Å². The number of aromatic carboxylic acids is 1. The Bertz CT molecular complexity index is 665. The van der Waals surface area contributed by atoms with Gasteiger partial charge in [-0.2, -0.15) is 0 Å². The molecule has 0 aliphatic rings. The van der Waals surface area contributed by atoms with Crippen LogP contribution in [0.25, 0.3) is 0 Å². The molecule has 20 heavy (non-hydrogen) atoms. The quantitative estimate of drug-likeness (QED) is 0.800. The summed E-state index contributed by atoms with van der Waals surface area (Å²) in [6.07, 6.45) is 0. The number of anilines is 1. The van der Waals surface area contributed by atoms with Crippen LogP contribution in [0.3, 0.4) is 0 Å². The molecule has 0 saturated carbocycles. The number of halogens is 1. The molecule has 2 rings (SSSR count). The topological polar surface area (TPSA) is 66.4 Å². The third-order valence-electron chi connectivity index (χ3n) is 2.76. The number of aryl methyl sites for hydroxylation is 1. The highest BCUT2D eigenvalue weighted by Gasteiger charge is 2.10. The van der Waals surface area contributed by atoms with Gasteiger partial charge in [-0.05, 0) is 65.9 Å². The Hall–Kier alpha value is -1.89. The summed E-state index contributed by atoms with van der Waals surface area (Å²) in [6, 6.07) is 11.6. The molecular formula is C15H12INO3. The Morgan fingerprint density at radius 2 is 1.75 bits per heavy atom. The summed E-state index contributed by atoms with van der Waals surface area (Å²) in [5.41, 5.74) is 2.44. The SMILES string of the molecule is Cc1ccc(C(=O)Nc2ccc(C(=O)O)cc2)c(I)c1. The number of nitrogens with one attached hydrogen (secondary N) is 1. The van der Waals surface area contributed by atoms with Crippen LogP contribution in [0, 0.1) is 10.5 Å². The first-order valence-electron chi connectivity index (χ1n) is 5.88. The van der Waals surface area contributed by atoms with Gasteiger partial charge in [-0.15, -0.1) is 0 Å². The molecule has 5 heteroatoms. The lowest BCUT2D eigenvalue weighted by molar-refractivity contribution is 0.0696. The van der Waals surface area contributed by atoms with Crippen molar-refractivity contribution in [3.63, 3.8) is 0 Å². The fraction of sp³-hybridized carbons (Fsp3) is 0.0667. The Kier molecular flexibility index (Phi) is 4.39. The highest BCUT2D eigenvalue weighted by Crippen LogP contribution is 2.17. The molecule has 2 aromatic rings. The number of amides is 1. The van der Waals surface area contributed by atoms with E-state index < -0.39 is 5.97 Å². The van der Waals surface area contributed by atoms with Crippen LogP contribution >= 0.6 is 22.6 Å². The standard InChI is InChI=1S/C15H12INO3/c1-9-2-7-12(13(16)8-9)14(18)17-11-5-3-10(4-6-11)15(19)20/h2-8H,1H3,(H,17,18)(H,19,20). The van der Waals surface area contributed by atoms with Crippen molar-refractivity contribution in [2.24, 2.45) is 0 Å². The lowest BCUT2D eigenvalue weighted by atomic mass is 10.1. The van der Waals surface area contributed by atoms with Gasteiger partial charge in [-0.3, -0.25) is 4.79 Å². The van der Waals surface area contributed by atoms with Gasteiger partial charge in [0.15, 0.2) is 0 Å². The summed E-state index contributed by atoms with van der Waals surface area (Å²) in [5.74, 6) is -1.20. The van der Waals surface area contributed by atoms with Crippen LogP contribution in [-0.2, 0) is 0 Å². The number of carboxylic acid groups (broad SMARTS) is 1. The molecule has 4 nitrogen and oxygen atoms in total. The minimum atomic E-state index is -0.990. The van der Waals surface area contributed by atoms with E-state index >= 15 is 0 Å². The Morgan fingerprint density at radius 1 is 1.10 bits per heavy atom. The predicted octanol–water partition coefficient (Wildman–Crippen LogP) is 3.55. The molecule has 0 atom stereocenters. The van der Waals surface area contributed by atoms with Crippen molar-refractivity contribution < 1.29 is 14.7 Å². The van der Waals surface area contributed by atoms with Gasteiger partial charge < -0.3 is 10.4 Å². The molecule has 0 aliphatic heterocycles. The van der Waals surface area contributed by atoms with Gasteiger partial charge in [0.1, 0.15) is 0 Å². The summed E-state index contributed by atoms with van der Waals surface area (Å²) in [5, 5.41) is 11.6. The first kappa shape index (κ1) is 14.5. The summed E-state index contributed by atoms with van der Waals surface area (Å²) in [4.78, 5) is 22.9. The third kappa shape index (κ3) is 3.36. The van der Waals surface area contributed by atoms with E-state index in [2.05, 4.69) is 27.9 Å². The minimum Gasteiger partial charge on any atom is -0.478 e. The monoisotopic (exact) mass is 381 g/mol. The Labute approximate surface area is 130 Å². The molecule has 0 aliphatic carbocycles. The first-order chi connectivity index (χ1) is 9.47. The molecule has 0 heterocycles. The van der Waals surface area contributed by atoms with E-state index in [9.17, 15) is 9.59 Å². The largest absolute Gasteiger partial charge is 0.478 e. The number of hydrogen-bond acceptors (Lipinski definition) is 2. The molecule has 0 fully saturated rings. The number of carbonyl (C=O) groups excluding carboxylic acids is 1. The van der Waals surface area contributed by atoms with Gasteiger partial charge >= 0.3 is 5.97 Å². The fourth-order valence-electron chi connectivity index (χ4n) is 1.70. The Balaban J connectivity index is 2.17. The first-order valence-corrected chi connectivity index (χ1v) is 6.96. The van der Waals surface area contributed by atoms with E-state index in [-0.39, 0.29) is 11.5 Å². The maximum absolute atomic E-state index is 12.1. The highest BCUT2D eigenvalue weighted by atomic mass is 127. The van der Waals surface area contributed by atoms with Crippen LogP contribution in [0.4, 0.5) is 5.69 Å². The van der Waals surface area contributed by atoms with Crippen molar-refractivity contribution in [2.45, 2.75) is 6.92 Å². The van der Waals surface area contributed by atoms with Gasteiger partial charge in [0, 0.05) is 9.26 Å². The van der Waals surface area contributed by atoms with Crippen molar-refractivity contribution in [1.29, 1.82) is 0 Å². The van der Waals surface area contributed by atoms with Gasteiger partial charge in [0.2, 0.25) is 0 Å². The zero-order valence-corrected chi connectivity index (χ0v) is 12.8. The smallest absolute Gasteiger partial charge is 0.335 e. The Morgan fingerprint density at radius 3 is 2.30 bits per heavy atom. The average molecular weight is 381 g/mol. The zero-order chi connectivity index (χ0) is 14.7. The molecule has 2 N–H and O–H groups in total. The van der Waals surface area contributed by atoms with Crippen LogP contribution in [-0.4, -0.2) is 17.0 Å². The van der Waals surface area contributed by atoms with Gasteiger partial charge in [0.25, 0.3) is 5.91 Å².